The highest BCUT2D eigenvalue weighted by atomic mass is 35.5. The van der Waals surface area contributed by atoms with E-state index >= 15 is 0 Å². The summed E-state index contributed by atoms with van der Waals surface area (Å²) in [6.45, 7) is 4.15. The van der Waals surface area contributed by atoms with Crippen LogP contribution in [0.1, 0.15) is 66.9 Å². The minimum atomic E-state index is -1.27. The Morgan fingerprint density at radius 1 is 0.638 bits per heavy atom. The maximum atomic E-state index is 11.6. The first-order valence-electron chi connectivity index (χ1n) is 14.5. The highest BCUT2D eigenvalue weighted by Crippen LogP contribution is 2.44. The van der Waals surface area contributed by atoms with E-state index in [1.807, 2.05) is 0 Å². The first-order chi connectivity index (χ1) is 26.4. The van der Waals surface area contributed by atoms with Crippen LogP contribution >= 0.6 is 115 Å². The van der Waals surface area contributed by atoms with E-state index in [9.17, 15) is 33.9 Å². The predicted octanol–water partition coefficient (Wildman–Crippen LogP) is 10.2. The number of ether oxygens (including phenoxy) is 6. The number of methoxy groups -OCH3 is 3. The van der Waals surface area contributed by atoms with Crippen LogP contribution in [-0.4, -0.2) is 96.4 Å². The zero-order valence-electron chi connectivity index (χ0n) is 29.7. The van der Waals surface area contributed by atoms with Crippen LogP contribution in [-0.2, 0) is 28.5 Å². The van der Waals surface area contributed by atoms with Crippen molar-refractivity contribution in [3.8, 4) is 23.0 Å². The third-order valence-electron chi connectivity index (χ3n) is 5.37. The number of carbonyl (C=O) groups is 6. The summed E-state index contributed by atoms with van der Waals surface area (Å²) in [4.78, 5) is 65.8. The summed E-state index contributed by atoms with van der Waals surface area (Å²) < 4.78 is 28.8. The number of carboxylic acid groups (broad SMARTS) is 2. The van der Waals surface area contributed by atoms with Gasteiger partial charge in [-0.2, -0.15) is 0 Å². The number of thiophene rings is 4. The molecule has 0 amide bonds. The number of rotatable bonds is 10. The Labute approximate surface area is 376 Å². The van der Waals surface area contributed by atoms with E-state index < -0.39 is 48.0 Å². The molecule has 0 aliphatic carbocycles. The van der Waals surface area contributed by atoms with Gasteiger partial charge in [0.15, 0.2) is 50.0 Å². The molecule has 4 N–H and O–H groups in total. The molecule has 4 rings (SSSR count). The van der Waals surface area contributed by atoms with Gasteiger partial charge in [0.05, 0.1) is 21.3 Å². The molecule has 0 atom stereocenters. The summed E-state index contributed by atoms with van der Waals surface area (Å²) in [6.07, 6.45) is 0. The van der Waals surface area contributed by atoms with Gasteiger partial charge >= 0.3 is 35.8 Å². The monoisotopic (exact) mass is 1010 g/mol. The third kappa shape index (κ3) is 16.7. The number of aromatic carboxylic acids is 1. The molecule has 0 aromatic carbocycles. The standard InChI is InChI=1S/C12H14Cl2O5S.C7H4Cl2O5S.C6H4Cl2O3S.C6H6O3S.CH4/c1-12(2,3)19-6(15)5-18-8-7(13)10(14)20-9(8)11(16)17-4;8-3-4(14-1-2(10)11)5(7(12)13)15-6(3)9;1-11-6(10)4-3(9)2(7)5(8)12-4;1-9-6(8)5-4(7)2-3-10-5;/h5H2,1-4H3;1H2,(H,10,11)(H,12,13);9H,1H3;2-3,7H,1H3;1H4. The Balaban J connectivity index is 0.000000766. The molecule has 0 spiro atoms. The summed E-state index contributed by atoms with van der Waals surface area (Å²) in [7, 11) is 3.71. The molecule has 0 saturated carbocycles. The fraction of sp³-hybridized carbons (Fsp3) is 0.312. The van der Waals surface area contributed by atoms with Gasteiger partial charge in [0.1, 0.15) is 39.4 Å². The van der Waals surface area contributed by atoms with Crippen LogP contribution in [0.25, 0.3) is 0 Å². The fourth-order valence-corrected chi connectivity index (χ4v) is 7.94. The molecular weight excluding hydrogens is 981 g/mol. The molecule has 0 aliphatic heterocycles. The lowest BCUT2D eigenvalue weighted by Gasteiger charge is -2.19. The van der Waals surface area contributed by atoms with Gasteiger partial charge in [-0.3, -0.25) is 0 Å². The first kappa shape index (κ1) is 54.6. The smallest absolute Gasteiger partial charge is 0.352 e. The van der Waals surface area contributed by atoms with E-state index in [1.165, 1.54) is 27.4 Å². The second-order valence-electron chi connectivity index (χ2n) is 10.5. The number of esters is 4. The number of carboxylic acids is 2. The van der Waals surface area contributed by atoms with Crippen LogP contribution in [0, 0.1) is 0 Å². The van der Waals surface area contributed by atoms with E-state index in [-0.39, 0.29) is 84.6 Å². The normalized spacial score (nSPS) is 10.1. The van der Waals surface area contributed by atoms with Crippen LogP contribution in [0.4, 0.5) is 0 Å². The first-order valence-corrected chi connectivity index (χ1v) is 20.1. The maximum Gasteiger partial charge on any atom is 0.352 e. The molecule has 4 aromatic heterocycles. The maximum absolute atomic E-state index is 11.6. The minimum Gasteiger partial charge on any atom is -0.506 e. The molecule has 322 valence electrons. The van der Waals surface area contributed by atoms with Gasteiger partial charge in [0.25, 0.3) is 0 Å². The van der Waals surface area contributed by atoms with Crippen molar-refractivity contribution in [1.29, 1.82) is 0 Å². The predicted molar refractivity (Wildman–Crippen MR) is 223 cm³/mol. The highest BCUT2D eigenvalue weighted by molar-refractivity contribution is 7.20. The summed E-state index contributed by atoms with van der Waals surface area (Å²) in [5.74, 6) is -5.37. The average molecular weight is 1010 g/mol. The number of aromatic hydroxyl groups is 2. The van der Waals surface area contributed by atoms with Gasteiger partial charge < -0.3 is 48.8 Å². The van der Waals surface area contributed by atoms with Crippen molar-refractivity contribution in [2.45, 2.75) is 33.8 Å². The summed E-state index contributed by atoms with van der Waals surface area (Å²) in [5, 5.41) is 36.9. The number of hydrogen-bond acceptors (Lipinski definition) is 18. The summed E-state index contributed by atoms with van der Waals surface area (Å²) in [5.41, 5.74) is -0.623. The van der Waals surface area contributed by atoms with Crippen LogP contribution in [0.5, 0.6) is 23.0 Å². The SMILES string of the molecule is C.COC(=O)c1sc(Cl)c(Cl)c1O.COC(=O)c1sc(Cl)c(Cl)c1OCC(=O)OC(C)(C)C.COC(=O)c1sccc1O.O=C(O)COc1c(C(=O)O)sc(Cl)c1Cl. The molecule has 0 fully saturated rings. The average Bonchev–Trinajstić information content (AvgIpc) is 3.86. The molecule has 0 bridgehead atoms. The fourth-order valence-electron chi connectivity index (χ4n) is 3.16. The Kier molecular flexibility index (Phi) is 23.7. The van der Waals surface area contributed by atoms with Gasteiger partial charge in [-0.25, -0.2) is 28.8 Å². The van der Waals surface area contributed by atoms with Gasteiger partial charge in [0, 0.05) is 0 Å². The topological polar surface area (TPSA) is 239 Å². The molecule has 0 unspecified atom stereocenters. The minimum absolute atomic E-state index is 0. The van der Waals surface area contributed by atoms with Crippen molar-refractivity contribution >= 4 is 151 Å². The van der Waals surface area contributed by atoms with Crippen molar-refractivity contribution < 1.29 is 77.6 Å². The van der Waals surface area contributed by atoms with Gasteiger partial charge in [-0.1, -0.05) is 77.0 Å². The van der Waals surface area contributed by atoms with Crippen molar-refractivity contribution in [3.05, 3.63) is 59.0 Å². The molecule has 16 nitrogen and oxygen atoms in total. The van der Waals surface area contributed by atoms with Crippen LogP contribution in [0.3, 0.4) is 0 Å². The van der Waals surface area contributed by atoms with Gasteiger partial charge in [0.2, 0.25) is 0 Å². The molecule has 4 aromatic rings. The lowest BCUT2D eigenvalue weighted by molar-refractivity contribution is -0.157. The van der Waals surface area contributed by atoms with Crippen LogP contribution < -0.4 is 9.47 Å². The van der Waals surface area contributed by atoms with E-state index in [0.29, 0.717) is 11.3 Å². The third-order valence-corrected chi connectivity index (χ3v) is 12.1. The number of halogens is 6. The zero-order chi connectivity index (χ0) is 43.9. The van der Waals surface area contributed by atoms with Crippen molar-refractivity contribution in [1.82, 2.24) is 0 Å². The van der Waals surface area contributed by atoms with E-state index in [1.54, 1.807) is 26.2 Å². The highest BCUT2D eigenvalue weighted by Gasteiger charge is 2.26. The second-order valence-corrected chi connectivity index (χ2v) is 17.5. The lowest BCUT2D eigenvalue weighted by Crippen LogP contribution is -2.27. The van der Waals surface area contributed by atoms with Crippen molar-refractivity contribution in [2.24, 2.45) is 0 Å². The second kappa shape index (κ2) is 25.2. The van der Waals surface area contributed by atoms with E-state index in [0.717, 1.165) is 34.0 Å². The number of aliphatic carboxylic acids is 1. The van der Waals surface area contributed by atoms with Crippen molar-refractivity contribution in [3.63, 3.8) is 0 Å². The Hall–Kier alpha value is -3.44. The van der Waals surface area contributed by atoms with Gasteiger partial charge in [-0.05, 0) is 32.2 Å². The number of hydrogen-bond donors (Lipinski definition) is 4. The quantitative estimate of drug-likeness (QED) is 0.0853. The summed E-state index contributed by atoms with van der Waals surface area (Å²) in [6, 6.07) is 1.46. The largest absolute Gasteiger partial charge is 0.506 e. The molecule has 0 saturated heterocycles. The zero-order valence-corrected chi connectivity index (χ0v) is 37.5. The Morgan fingerprint density at radius 3 is 1.45 bits per heavy atom. The van der Waals surface area contributed by atoms with Gasteiger partial charge in [-0.15, -0.1) is 45.3 Å². The molecular formula is C32H32Cl6O16S4. The molecule has 0 aliphatic rings. The molecule has 26 heteroatoms. The lowest BCUT2D eigenvalue weighted by atomic mass is 10.2. The van der Waals surface area contributed by atoms with E-state index in [2.05, 4.69) is 14.2 Å². The summed E-state index contributed by atoms with van der Waals surface area (Å²) >= 11 is 37.7. The number of carbonyl (C=O) groups excluding carboxylic acids is 4. The Morgan fingerprint density at radius 2 is 1.05 bits per heavy atom. The molecule has 0 radical (unpaired) electrons. The van der Waals surface area contributed by atoms with Crippen molar-refractivity contribution in [2.75, 3.05) is 34.5 Å². The van der Waals surface area contributed by atoms with E-state index in [4.69, 9.17) is 99.1 Å². The van der Waals surface area contributed by atoms with Crippen LogP contribution in [0.15, 0.2) is 11.4 Å². The molecule has 58 heavy (non-hydrogen) atoms. The molecule has 4 heterocycles. The Bertz CT molecular complexity index is 2070. The van der Waals surface area contributed by atoms with Crippen LogP contribution in [0.2, 0.25) is 28.1 Å².